The van der Waals surface area contributed by atoms with Gasteiger partial charge in [0, 0.05) is 30.2 Å². The van der Waals surface area contributed by atoms with Crippen LogP contribution in [0.25, 0.3) is 10.6 Å². The van der Waals surface area contributed by atoms with E-state index in [1.54, 1.807) is 0 Å². The zero-order valence-electron chi connectivity index (χ0n) is 9.67. The van der Waals surface area contributed by atoms with Gasteiger partial charge in [0.25, 0.3) is 5.56 Å². The van der Waals surface area contributed by atoms with Crippen molar-refractivity contribution in [2.45, 2.75) is 19.9 Å². The topological polar surface area (TPSA) is 84.8 Å². The summed E-state index contributed by atoms with van der Waals surface area (Å²) in [6.07, 6.45) is 2.40. The summed E-state index contributed by atoms with van der Waals surface area (Å²) in [5.41, 5.74) is 0.189. The van der Waals surface area contributed by atoms with Crippen LogP contribution >= 0.6 is 11.3 Å². The molecule has 0 bridgehead atoms. The van der Waals surface area contributed by atoms with E-state index in [1.807, 2.05) is 12.3 Å². The van der Waals surface area contributed by atoms with Crippen molar-refractivity contribution in [3.63, 3.8) is 0 Å². The molecule has 0 aliphatic carbocycles. The van der Waals surface area contributed by atoms with E-state index >= 15 is 0 Å². The third-order valence-electron chi connectivity index (χ3n) is 2.35. The number of hydrogen-bond acceptors (Lipinski definition) is 5. The number of carbonyl (C=O) groups excluding carboxylic acids is 1. The lowest BCUT2D eigenvalue weighted by Crippen LogP contribution is -2.30. The predicted octanol–water partition coefficient (Wildman–Crippen LogP) is 0.558. The zero-order chi connectivity index (χ0) is 13.1. The highest BCUT2D eigenvalue weighted by Gasteiger charge is 2.10. The van der Waals surface area contributed by atoms with E-state index in [0.717, 1.165) is 12.0 Å². The molecule has 2 aromatic heterocycles. The molecule has 0 fully saturated rings. The molecule has 2 heterocycles. The van der Waals surface area contributed by atoms with Crippen LogP contribution in [0.2, 0.25) is 0 Å². The Morgan fingerprint density at radius 1 is 1.50 bits per heavy atom. The monoisotopic (exact) mass is 265 g/mol. The zero-order valence-corrected chi connectivity index (χ0v) is 10.5. The van der Waals surface area contributed by atoms with Gasteiger partial charge in [0.05, 0.1) is 5.56 Å². The highest BCUT2D eigenvalue weighted by atomic mass is 32.1. The van der Waals surface area contributed by atoms with Crippen LogP contribution in [0.15, 0.2) is 21.2 Å². The highest BCUT2D eigenvalue weighted by molar-refractivity contribution is 7.13. The highest BCUT2D eigenvalue weighted by Crippen LogP contribution is 2.19. The smallest absolute Gasteiger partial charge is 0.303 e. The van der Waals surface area contributed by atoms with E-state index in [4.69, 9.17) is 0 Å². The molecule has 94 valence electrons. The maximum atomic E-state index is 11.7. The molecule has 0 spiro atoms. The summed E-state index contributed by atoms with van der Waals surface area (Å²) in [7, 11) is 0. The van der Waals surface area contributed by atoms with Gasteiger partial charge < -0.3 is 4.79 Å². The molecule has 0 saturated carbocycles. The minimum atomic E-state index is -0.515. The lowest BCUT2D eigenvalue weighted by Gasteiger charge is -2.03. The van der Waals surface area contributed by atoms with Crippen LogP contribution in [0.1, 0.15) is 12.1 Å². The fourth-order valence-electron chi connectivity index (χ4n) is 1.50. The van der Waals surface area contributed by atoms with Crippen LogP contribution < -0.4 is 11.2 Å². The number of carbonyl (C=O) groups is 1. The van der Waals surface area contributed by atoms with E-state index in [1.165, 1.54) is 22.1 Å². The average Bonchev–Trinajstić information content (AvgIpc) is 2.74. The minimum absolute atomic E-state index is 0.224. The van der Waals surface area contributed by atoms with Crippen molar-refractivity contribution < 1.29 is 4.79 Å². The summed E-state index contributed by atoms with van der Waals surface area (Å²) >= 11 is 1.34. The van der Waals surface area contributed by atoms with E-state index < -0.39 is 11.2 Å². The molecule has 1 N–H and O–H groups in total. The summed E-state index contributed by atoms with van der Waals surface area (Å²) < 4.78 is 1.31. The predicted molar refractivity (Wildman–Crippen MR) is 67.8 cm³/mol. The van der Waals surface area contributed by atoms with Crippen molar-refractivity contribution in [3.05, 3.63) is 38.1 Å². The fourth-order valence-corrected chi connectivity index (χ4v) is 2.30. The van der Waals surface area contributed by atoms with Crippen LogP contribution in [-0.4, -0.2) is 20.8 Å². The van der Waals surface area contributed by atoms with Gasteiger partial charge in [0.2, 0.25) is 0 Å². The van der Waals surface area contributed by atoms with Crippen LogP contribution in [0, 0.1) is 6.92 Å². The van der Waals surface area contributed by atoms with Gasteiger partial charge in [-0.05, 0) is 6.92 Å². The molecule has 7 heteroatoms. The molecule has 2 rings (SSSR count). The third kappa shape index (κ3) is 2.45. The number of aldehydes is 1. The maximum Gasteiger partial charge on any atom is 0.328 e. The van der Waals surface area contributed by atoms with Crippen molar-refractivity contribution in [2.24, 2.45) is 0 Å². The first-order valence-electron chi connectivity index (χ1n) is 5.31. The number of aromatic amines is 1. The largest absolute Gasteiger partial charge is 0.328 e. The lowest BCUT2D eigenvalue weighted by atomic mass is 10.3. The van der Waals surface area contributed by atoms with E-state index in [2.05, 4.69) is 9.97 Å². The lowest BCUT2D eigenvalue weighted by molar-refractivity contribution is -0.108. The van der Waals surface area contributed by atoms with Crippen molar-refractivity contribution in [2.75, 3.05) is 0 Å². The Morgan fingerprint density at radius 2 is 2.28 bits per heavy atom. The molecule has 18 heavy (non-hydrogen) atoms. The molecule has 0 aliphatic heterocycles. The first-order valence-corrected chi connectivity index (χ1v) is 6.19. The van der Waals surface area contributed by atoms with Gasteiger partial charge in [-0.15, -0.1) is 11.3 Å². The average molecular weight is 265 g/mol. The van der Waals surface area contributed by atoms with E-state index in [9.17, 15) is 14.4 Å². The molecule has 0 aliphatic rings. The van der Waals surface area contributed by atoms with E-state index in [-0.39, 0.29) is 13.0 Å². The van der Waals surface area contributed by atoms with Gasteiger partial charge in [0.15, 0.2) is 0 Å². The third-order valence-corrected chi connectivity index (χ3v) is 3.34. The molecule has 0 aromatic carbocycles. The molecule has 6 nitrogen and oxygen atoms in total. The molecule has 0 saturated heterocycles. The van der Waals surface area contributed by atoms with Gasteiger partial charge in [-0.2, -0.15) is 0 Å². The molecule has 2 aromatic rings. The number of aryl methyl sites for hydroxylation is 2. The molecular formula is C11H11N3O3S. The first kappa shape index (κ1) is 12.4. The Labute approximate surface area is 106 Å². The normalized spacial score (nSPS) is 10.5. The molecular weight excluding hydrogens is 254 g/mol. The molecule has 0 atom stereocenters. The summed E-state index contributed by atoms with van der Waals surface area (Å²) in [5, 5.41) is 2.39. The fraction of sp³-hybridized carbons (Fsp3) is 0.273. The van der Waals surface area contributed by atoms with Crippen molar-refractivity contribution in [1.82, 2.24) is 14.5 Å². The van der Waals surface area contributed by atoms with Gasteiger partial charge in [-0.25, -0.2) is 9.78 Å². The van der Waals surface area contributed by atoms with Crippen LogP contribution in [0.5, 0.6) is 0 Å². The number of H-pyrrole nitrogens is 1. The second kappa shape index (κ2) is 5.09. The molecule has 0 amide bonds. The standard InChI is InChI=1S/C11H11N3O3S/c1-7-6-18-10(12-7)8-5-14(3-2-4-15)11(17)13-9(8)16/h4-6H,2-3H2,1H3,(H,13,16,17). The number of hydrogen-bond donors (Lipinski definition) is 1. The quantitative estimate of drug-likeness (QED) is 0.818. The summed E-state index contributed by atoms with van der Waals surface area (Å²) in [4.78, 5) is 40.0. The molecule has 0 radical (unpaired) electrons. The number of thiazole rings is 1. The number of nitrogens with zero attached hydrogens (tertiary/aromatic N) is 2. The van der Waals surface area contributed by atoms with Crippen LogP contribution in [-0.2, 0) is 11.3 Å². The van der Waals surface area contributed by atoms with Gasteiger partial charge >= 0.3 is 5.69 Å². The van der Waals surface area contributed by atoms with Gasteiger partial charge in [-0.3, -0.25) is 14.3 Å². The first-order chi connectivity index (χ1) is 8.61. The Hall–Kier alpha value is -2.02. The number of nitrogens with one attached hydrogen (secondary N) is 1. The Balaban J connectivity index is 2.51. The summed E-state index contributed by atoms with van der Waals surface area (Å²) in [6.45, 7) is 2.08. The van der Waals surface area contributed by atoms with Gasteiger partial charge in [0.1, 0.15) is 11.3 Å². The van der Waals surface area contributed by atoms with Crippen LogP contribution in [0.4, 0.5) is 0 Å². The SMILES string of the molecule is Cc1csc(-c2cn(CCC=O)c(=O)[nH]c2=O)n1. The minimum Gasteiger partial charge on any atom is -0.303 e. The summed E-state index contributed by atoms with van der Waals surface area (Å²) in [5.74, 6) is 0. The van der Waals surface area contributed by atoms with Crippen molar-refractivity contribution >= 4 is 17.6 Å². The Bertz CT molecular complexity index is 683. The Kier molecular flexibility index (Phi) is 3.52. The van der Waals surface area contributed by atoms with E-state index in [0.29, 0.717) is 10.6 Å². The van der Waals surface area contributed by atoms with Crippen molar-refractivity contribution in [1.29, 1.82) is 0 Å². The maximum absolute atomic E-state index is 11.7. The number of rotatable bonds is 4. The molecule has 0 unspecified atom stereocenters. The number of aromatic nitrogens is 3. The van der Waals surface area contributed by atoms with Gasteiger partial charge in [-0.1, -0.05) is 0 Å². The van der Waals surface area contributed by atoms with Crippen LogP contribution in [0.3, 0.4) is 0 Å². The second-order valence-electron chi connectivity index (χ2n) is 3.74. The summed E-state index contributed by atoms with van der Waals surface area (Å²) in [6, 6.07) is 0. The van der Waals surface area contributed by atoms with Crippen molar-refractivity contribution in [3.8, 4) is 10.6 Å². The second-order valence-corrected chi connectivity index (χ2v) is 4.60. The Morgan fingerprint density at radius 3 is 2.89 bits per heavy atom.